The van der Waals surface area contributed by atoms with Crippen molar-refractivity contribution in [2.45, 2.75) is 31.3 Å². The molecule has 1 aromatic rings. The summed E-state index contributed by atoms with van der Waals surface area (Å²) in [7, 11) is 0. The predicted molar refractivity (Wildman–Crippen MR) is 88.2 cm³/mol. The average molecular weight is 306 g/mol. The first kappa shape index (κ1) is 13.9. The van der Waals surface area contributed by atoms with Crippen LogP contribution in [0.4, 0.5) is 5.69 Å². The molecule has 0 aromatic heterocycles. The number of fused-ring (bicyclic) bond motifs is 2. The van der Waals surface area contributed by atoms with Gasteiger partial charge in [-0.05, 0) is 43.4 Å². The summed E-state index contributed by atoms with van der Waals surface area (Å²) in [6, 6.07) is 9.88. The van der Waals surface area contributed by atoms with Crippen molar-refractivity contribution in [2.75, 3.05) is 37.6 Å². The molecule has 0 radical (unpaired) electrons. The second-order valence-electron chi connectivity index (χ2n) is 6.81. The molecule has 3 atom stereocenters. The number of hydrogen-bond acceptors (Lipinski definition) is 3. The van der Waals surface area contributed by atoms with E-state index in [1.54, 1.807) is 0 Å². The summed E-state index contributed by atoms with van der Waals surface area (Å²) in [5.41, 5.74) is 1.27. The van der Waals surface area contributed by atoms with Gasteiger partial charge in [0.2, 0.25) is 0 Å². The normalized spacial score (nSPS) is 32.8. The largest absolute Gasteiger partial charge is 0.369 e. The maximum atomic E-state index is 6.10. The molecule has 3 fully saturated rings. The third-order valence-electron chi connectivity index (χ3n) is 5.47. The Hall–Kier alpha value is -0.770. The molecule has 2 bridgehead atoms. The zero-order valence-electron chi connectivity index (χ0n) is 12.5. The van der Waals surface area contributed by atoms with Gasteiger partial charge in [-0.1, -0.05) is 17.7 Å². The highest BCUT2D eigenvalue weighted by Gasteiger charge is 2.39. The summed E-state index contributed by atoms with van der Waals surface area (Å²) in [6.07, 6.45) is 4.21. The van der Waals surface area contributed by atoms with Crippen LogP contribution in [-0.2, 0) is 0 Å². The van der Waals surface area contributed by atoms with Crippen LogP contribution >= 0.6 is 11.6 Å². The molecule has 0 aliphatic carbocycles. The molecule has 0 saturated carbocycles. The minimum absolute atomic E-state index is 0.806. The highest BCUT2D eigenvalue weighted by molar-refractivity contribution is 6.30. The molecule has 1 N–H and O–H groups in total. The van der Waals surface area contributed by atoms with Gasteiger partial charge in [0.05, 0.1) is 0 Å². The molecule has 21 heavy (non-hydrogen) atoms. The molecule has 4 rings (SSSR count). The van der Waals surface area contributed by atoms with Crippen LogP contribution in [0.1, 0.15) is 19.3 Å². The van der Waals surface area contributed by atoms with E-state index in [-0.39, 0.29) is 0 Å². The Bertz CT molecular complexity index is 499. The Balaban J connectivity index is 1.30. The van der Waals surface area contributed by atoms with E-state index in [9.17, 15) is 0 Å². The summed E-state index contributed by atoms with van der Waals surface area (Å²) in [5, 5.41) is 4.59. The molecule has 3 nitrogen and oxygen atoms in total. The van der Waals surface area contributed by atoms with Gasteiger partial charge in [-0.15, -0.1) is 0 Å². The fraction of sp³-hybridized carbons (Fsp3) is 0.647. The maximum absolute atomic E-state index is 6.10. The van der Waals surface area contributed by atoms with E-state index in [0.29, 0.717) is 0 Å². The Morgan fingerprint density at radius 3 is 2.67 bits per heavy atom. The van der Waals surface area contributed by atoms with Gasteiger partial charge >= 0.3 is 0 Å². The molecule has 3 aliphatic heterocycles. The standard InChI is InChI=1S/C17H24ClN3/c18-14-2-1-3-16(11-14)21-8-6-20(7-9-21)12-13-10-15-4-5-17(13)19-15/h1-3,11,13,15,17,19H,4-10,12H2. The van der Waals surface area contributed by atoms with Gasteiger partial charge in [-0.2, -0.15) is 0 Å². The van der Waals surface area contributed by atoms with Crippen molar-refractivity contribution in [1.29, 1.82) is 0 Å². The molecule has 3 heterocycles. The molecule has 3 saturated heterocycles. The fourth-order valence-electron chi connectivity index (χ4n) is 4.33. The lowest BCUT2D eigenvalue weighted by atomic mass is 9.88. The quantitative estimate of drug-likeness (QED) is 0.926. The number of nitrogens with zero attached hydrogens (tertiary/aromatic N) is 2. The molecule has 3 aliphatic rings. The minimum Gasteiger partial charge on any atom is -0.369 e. The maximum Gasteiger partial charge on any atom is 0.0426 e. The first-order chi connectivity index (χ1) is 10.3. The molecule has 0 spiro atoms. The van der Waals surface area contributed by atoms with Crippen molar-refractivity contribution in [1.82, 2.24) is 10.2 Å². The van der Waals surface area contributed by atoms with Gasteiger partial charge in [0.1, 0.15) is 0 Å². The first-order valence-corrected chi connectivity index (χ1v) is 8.64. The van der Waals surface area contributed by atoms with Crippen molar-refractivity contribution >= 4 is 17.3 Å². The molecule has 3 unspecified atom stereocenters. The van der Waals surface area contributed by atoms with Gasteiger partial charge < -0.3 is 10.2 Å². The van der Waals surface area contributed by atoms with Crippen LogP contribution in [-0.4, -0.2) is 49.7 Å². The Labute approximate surface area is 132 Å². The molecule has 0 amide bonds. The number of hydrogen-bond donors (Lipinski definition) is 1. The lowest BCUT2D eigenvalue weighted by Crippen LogP contribution is -2.48. The van der Waals surface area contributed by atoms with Crippen molar-refractivity contribution in [3.63, 3.8) is 0 Å². The second kappa shape index (κ2) is 5.79. The topological polar surface area (TPSA) is 18.5 Å². The summed E-state index contributed by atoms with van der Waals surface area (Å²) >= 11 is 6.10. The van der Waals surface area contributed by atoms with Gasteiger partial charge in [-0.25, -0.2) is 0 Å². The smallest absolute Gasteiger partial charge is 0.0426 e. The predicted octanol–water partition coefficient (Wildman–Crippen LogP) is 2.60. The number of nitrogens with one attached hydrogen (secondary N) is 1. The van der Waals surface area contributed by atoms with Crippen LogP contribution in [0.15, 0.2) is 24.3 Å². The van der Waals surface area contributed by atoms with Gasteiger partial charge in [0.15, 0.2) is 0 Å². The monoisotopic (exact) mass is 305 g/mol. The van der Waals surface area contributed by atoms with Crippen LogP contribution in [0.2, 0.25) is 5.02 Å². The number of anilines is 1. The highest BCUT2D eigenvalue weighted by Crippen LogP contribution is 2.34. The number of rotatable bonds is 3. The lowest BCUT2D eigenvalue weighted by Gasteiger charge is -2.38. The average Bonchev–Trinajstić information content (AvgIpc) is 3.11. The second-order valence-corrected chi connectivity index (χ2v) is 7.25. The van der Waals surface area contributed by atoms with Gasteiger partial charge in [0, 0.05) is 55.5 Å². The molecular weight excluding hydrogens is 282 g/mol. The van der Waals surface area contributed by atoms with Crippen LogP contribution in [0, 0.1) is 5.92 Å². The third-order valence-corrected chi connectivity index (χ3v) is 5.71. The Morgan fingerprint density at radius 2 is 2.00 bits per heavy atom. The fourth-order valence-corrected chi connectivity index (χ4v) is 4.52. The van der Waals surface area contributed by atoms with Gasteiger partial charge in [-0.3, -0.25) is 4.90 Å². The summed E-state index contributed by atoms with van der Waals surface area (Å²) < 4.78 is 0. The Kier molecular flexibility index (Phi) is 3.82. The first-order valence-electron chi connectivity index (χ1n) is 8.27. The van der Waals surface area contributed by atoms with Crippen LogP contribution < -0.4 is 10.2 Å². The molecule has 1 aromatic carbocycles. The highest BCUT2D eigenvalue weighted by atomic mass is 35.5. The molecule has 114 valence electrons. The van der Waals surface area contributed by atoms with E-state index in [0.717, 1.165) is 36.1 Å². The Morgan fingerprint density at radius 1 is 1.14 bits per heavy atom. The van der Waals surface area contributed by atoms with Crippen molar-refractivity contribution in [3.8, 4) is 0 Å². The van der Waals surface area contributed by atoms with Crippen molar-refractivity contribution < 1.29 is 0 Å². The van der Waals surface area contributed by atoms with E-state index in [4.69, 9.17) is 11.6 Å². The number of piperazine rings is 1. The van der Waals surface area contributed by atoms with Gasteiger partial charge in [0.25, 0.3) is 0 Å². The zero-order valence-corrected chi connectivity index (χ0v) is 13.2. The number of halogens is 1. The van der Waals surface area contributed by atoms with Crippen LogP contribution in [0.25, 0.3) is 0 Å². The minimum atomic E-state index is 0.806. The van der Waals surface area contributed by atoms with E-state index < -0.39 is 0 Å². The summed E-state index contributed by atoms with van der Waals surface area (Å²) in [4.78, 5) is 5.12. The number of benzene rings is 1. The van der Waals surface area contributed by atoms with E-state index >= 15 is 0 Å². The van der Waals surface area contributed by atoms with Crippen LogP contribution in [0.5, 0.6) is 0 Å². The zero-order chi connectivity index (χ0) is 14.2. The third kappa shape index (κ3) is 2.92. The summed E-state index contributed by atoms with van der Waals surface area (Å²) in [6.45, 7) is 5.89. The van der Waals surface area contributed by atoms with E-state index in [2.05, 4.69) is 27.2 Å². The molecule has 4 heteroatoms. The van der Waals surface area contributed by atoms with Crippen LogP contribution in [0.3, 0.4) is 0 Å². The van der Waals surface area contributed by atoms with E-state index in [1.807, 2.05) is 12.1 Å². The van der Waals surface area contributed by atoms with E-state index in [1.165, 1.54) is 44.6 Å². The molecular formula is C17H24ClN3. The lowest BCUT2D eigenvalue weighted by molar-refractivity contribution is 0.201. The van der Waals surface area contributed by atoms with Crippen molar-refractivity contribution in [3.05, 3.63) is 29.3 Å². The van der Waals surface area contributed by atoms with Crippen molar-refractivity contribution in [2.24, 2.45) is 5.92 Å². The summed E-state index contributed by atoms with van der Waals surface area (Å²) in [5.74, 6) is 0.890. The SMILES string of the molecule is Clc1cccc(N2CCN(CC3CC4CCC3N4)CC2)c1.